The Morgan fingerprint density at radius 2 is 2.20 bits per heavy atom. The van der Waals surface area contributed by atoms with E-state index in [9.17, 15) is 4.39 Å². The van der Waals surface area contributed by atoms with Gasteiger partial charge in [-0.2, -0.15) is 0 Å². The van der Waals surface area contributed by atoms with Crippen molar-refractivity contribution in [3.8, 4) is 0 Å². The van der Waals surface area contributed by atoms with Gasteiger partial charge in [-0.25, -0.2) is 4.39 Å². The molecule has 0 saturated carbocycles. The van der Waals surface area contributed by atoms with Crippen LogP contribution in [-0.4, -0.2) is 47.0 Å². The van der Waals surface area contributed by atoms with Crippen LogP contribution in [0.4, 0.5) is 4.39 Å². The average molecular weight is 295 g/mol. The number of benzene rings is 1. The number of thiocarbonyl (C=S) groups is 1. The van der Waals surface area contributed by atoms with Gasteiger partial charge in [-0.3, -0.25) is 9.80 Å². The standard InChI is InChI=1S/C15H22FN3S/c1-3-19-7-6-18(9-11(19)2)10-12-8-13(16)4-5-14(12)15(17)20/h4-5,8,11H,3,6-7,9-10H2,1-2H3,(H2,17,20). The van der Waals surface area contributed by atoms with Gasteiger partial charge in [0.05, 0.1) is 0 Å². The van der Waals surface area contributed by atoms with Gasteiger partial charge in [-0.1, -0.05) is 19.1 Å². The summed E-state index contributed by atoms with van der Waals surface area (Å²) in [5.41, 5.74) is 7.39. The first kappa shape index (κ1) is 15.4. The molecule has 1 aromatic carbocycles. The number of rotatable bonds is 4. The number of nitrogens with zero attached hydrogens (tertiary/aromatic N) is 2. The van der Waals surface area contributed by atoms with Gasteiger partial charge in [-0.05, 0) is 37.2 Å². The Kier molecular flexibility index (Phi) is 5.07. The Morgan fingerprint density at radius 1 is 1.45 bits per heavy atom. The fraction of sp³-hybridized carbons (Fsp3) is 0.533. The van der Waals surface area contributed by atoms with E-state index in [0.717, 1.165) is 37.3 Å². The smallest absolute Gasteiger partial charge is 0.123 e. The SMILES string of the molecule is CCN1CCN(Cc2cc(F)ccc2C(N)=S)CC1C. The molecule has 5 heteroatoms. The molecule has 0 spiro atoms. The highest BCUT2D eigenvalue weighted by molar-refractivity contribution is 7.80. The third-order valence-electron chi connectivity index (χ3n) is 3.98. The van der Waals surface area contributed by atoms with E-state index in [1.54, 1.807) is 12.1 Å². The van der Waals surface area contributed by atoms with Gasteiger partial charge >= 0.3 is 0 Å². The molecule has 0 radical (unpaired) electrons. The zero-order chi connectivity index (χ0) is 14.7. The fourth-order valence-corrected chi connectivity index (χ4v) is 3.06. The summed E-state index contributed by atoms with van der Waals surface area (Å²) in [7, 11) is 0. The Bertz CT molecular complexity index is 492. The largest absolute Gasteiger partial charge is 0.389 e. The van der Waals surface area contributed by atoms with E-state index in [-0.39, 0.29) is 5.82 Å². The van der Waals surface area contributed by atoms with E-state index in [4.69, 9.17) is 18.0 Å². The van der Waals surface area contributed by atoms with Gasteiger partial charge in [0.15, 0.2) is 0 Å². The maximum Gasteiger partial charge on any atom is 0.123 e. The number of hydrogen-bond donors (Lipinski definition) is 1. The monoisotopic (exact) mass is 295 g/mol. The molecule has 1 aliphatic heterocycles. The quantitative estimate of drug-likeness (QED) is 0.861. The molecule has 1 aromatic rings. The molecule has 1 heterocycles. The Hall–Kier alpha value is -1.04. The molecular weight excluding hydrogens is 273 g/mol. The molecule has 110 valence electrons. The highest BCUT2D eigenvalue weighted by Gasteiger charge is 2.23. The van der Waals surface area contributed by atoms with Gasteiger partial charge in [-0.15, -0.1) is 0 Å². The van der Waals surface area contributed by atoms with Crippen LogP contribution in [0, 0.1) is 5.82 Å². The fourth-order valence-electron chi connectivity index (χ4n) is 2.86. The lowest BCUT2D eigenvalue weighted by Gasteiger charge is -2.39. The summed E-state index contributed by atoms with van der Waals surface area (Å²) in [6, 6.07) is 5.16. The Balaban J connectivity index is 2.11. The maximum atomic E-state index is 13.4. The third-order valence-corrected chi connectivity index (χ3v) is 4.20. The van der Waals surface area contributed by atoms with Crippen molar-refractivity contribution >= 4 is 17.2 Å². The van der Waals surface area contributed by atoms with Crippen molar-refractivity contribution in [3.05, 3.63) is 35.1 Å². The molecular formula is C15H22FN3S. The highest BCUT2D eigenvalue weighted by atomic mass is 32.1. The van der Waals surface area contributed by atoms with Crippen molar-refractivity contribution in [1.29, 1.82) is 0 Å². The molecule has 3 nitrogen and oxygen atoms in total. The lowest BCUT2D eigenvalue weighted by atomic mass is 10.1. The van der Waals surface area contributed by atoms with E-state index < -0.39 is 0 Å². The first-order valence-corrected chi connectivity index (χ1v) is 7.46. The van der Waals surface area contributed by atoms with Crippen molar-refractivity contribution in [1.82, 2.24) is 9.80 Å². The number of hydrogen-bond acceptors (Lipinski definition) is 3. The molecule has 1 atom stereocenters. The number of likely N-dealkylation sites (N-methyl/N-ethyl adjacent to an activating group) is 1. The molecule has 20 heavy (non-hydrogen) atoms. The summed E-state index contributed by atoms with van der Waals surface area (Å²) in [6.07, 6.45) is 0. The predicted octanol–water partition coefficient (Wildman–Crippen LogP) is 1.99. The van der Waals surface area contributed by atoms with E-state index >= 15 is 0 Å². The number of piperazine rings is 1. The maximum absolute atomic E-state index is 13.4. The minimum Gasteiger partial charge on any atom is -0.389 e. The average Bonchev–Trinajstić information content (AvgIpc) is 2.38. The van der Waals surface area contributed by atoms with Crippen molar-refractivity contribution in [2.24, 2.45) is 5.73 Å². The first-order valence-electron chi connectivity index (χ1n) is 7.06. The Morgan fingerprint density at radius 3 is 2.80 bits per heavy atom. The van der Waals surface area contributed by atoms with E-state index in [1.807, 2.05) is 0 Å². The second kappa shape index (κ2) is 6.61. The first-order chi connectivity index (χ1) is 9.51. The predicted molar refractivity (Wildman–Crippen MR) is 84.3 cm³/mol. The molecule has 0 aliphatic carbocycles. The van der Waals surface area contributed by atoms with E-state index in [0.29, 0.717) is 17.6 Å². The molecule has 0 bridgehead atoms. The van der Waals surface area contributed by atoms with Gasteiger partial charge < -0.3 is 5.73 Å². The van der Waals surface area contributed by atoms with Crippen molar-refractivity contribution < 1.29 is 4.39 Å². The summed E-state index contributed by atoms with van der Waals surface area (Å²) in [6.45, 7) is 9.22. The topological polar surface area (TPSA) is 32.5 Å². The van der Waals surface area contributed by atoms with Crippen LogP contribution in [0.3, 0.4) is 0 Å². The van der Waals surface area contributed by atoms with E-state index in [2.05, 4.69) is 23.6 Å². The summed E-state index contributed by atoms with van der Waals surface area (Å²) in [4.78, 5) is 5.13. The lowest BCUT2D eigenvalue weighted by molar-refractivity contribution is 0.0834. The third kappa shape index (κ3) is 3.53. The second-order valence-corrected chi connectivity index (χ2v) is 5.82. The Labute approximate surface area is 125 Å². The zero-order valence-electron chi connectivity index (χ0n) is 12.1. The van der Waals surface area contributed by atoms with Crippen LogP contribution in [-0.2, 0) is 6.54 Å². The highest BCUT2D eigenvalue weighted by Crippen LogP contribution is 2.17. The van der Waals surface area contributed by atoms with Crippen LogP contribution >= 0.6 is 12.2 Å². The molecule has 1 aliphatic rings. The molecule has 0 amide bonds. The van der Waals surface area contributed by atoms with Crippen LogP contribution in [0.2, 0.25) is 0 Å². The van der Waals surface area contributed by atoms with Crippen LogP contribution in [0.25, 0.3) is 0 Å². The minimum atomic E-state index is -0.236. The van der Waals surface area contributed by atoms with Crippen molar-refractivity contribution in [3.63, 3.8) is 0 Å². The van der Waals surface area contributed by atoms with Crippen LogP contribution in [0.15, 0.2) is 18.2 Å². The normalized spacial score (nSPS) is 21.1. The summed E-state index contributed by atoms with van der Waals surface area (Å²) < 4.78 is 13.4. The van der Waals surface area contributed by atoms with Crippen molar-refractivity contribution in [2.45, 2.75) is 26.4 Å². The zero-order valence-corrected chi connectivity index (χ0v) is 12.9. The molecule has 0 aromatic heterocycles. The number of halogens is 1. The van der Waals surface area contributed by atoms with E-state index in [1.165, 1.54) is 6.07 Å². The number of nitrogens with two attached hydrogens (primary N) is 1. The molecule has 2 N–H and O–H groups in total. The van der Waals surface area contributed by atoms with Crippen LogP contribution < -0.4 is 5.73 Å². The minimum absolute atomic E-state index is 0.236. The van der Waals surface area contributed by atoms with Gasteiger partial charge in [0.1, 0.15) is 10.8 Å². The van der Waals surface area contributed by atoms with Crippen LogP contribution in [0.5, 0.6) is 0 Å². The van der Waals surface area contributed by atoms with Crippen molar-refractivity contribution in [2.75, 3.05) is 26.2 Å². The second-order valence-electron chi connectivity index (χ2n) is 5.38. The summed E-state index contributed by atoms with van der Waals surface area (Å²) >= 11 is 5.05. The lowest BCUT2D eigenvalue weighted by Crippen LogP contribution is -2.51. The molecule has 1 saturated heterocycles. The van der Waals surface area contributed by atoms with Gasteiger partial charge in [0.25, 0.3) is 0 Å². The van der Waals surface area contributed by atoms with Gasteiger partial charge in [0.2, 0.25) is 0 Å². The summed E-state index contributed by atoms with van der Waals surface area (Å²) in [5, 5.41) is 0. The van der Waals surface area contributed by atoms with Crippen LogP contribution in [0.1, 0.15) is 25.0 Å². The molecule has 1 fully saturated rings. The summed E-state index contributed by atoms with van der Waals surface area (Å²) in [5.74, 6) is -0.236. The van der Waals surface area contributed by atoms with Gasteiger partial charge in [0, 0.05) is 37.8 Å². The molecule has 1 unspecified atom stereocenters. The molecule has 2 rings (SSSR count).